The van der Waals surface area contributed by atoms with E-state index in [2.05, 4.69) is 19.9 Å². The van der Waals surface area contributed by atoms with Crippen LogP contribution >= 0.6 is 0 Å². The lowest BCUT2D eigenvalue weighted by atomic mass is 10.3. The molecule has 0 spiro atoms. The van der Waals surface area contributed by atoms with Crippen molar-refractivity contribution in [1.82, 2.24) is 23.8 Å². The van der Waals surface area contributed by atoms with E-state index in [0.29, 0.717) is 32.6 Å². The second-order valence-corrected chi connectivity index (χ2v) is 8.22. The van der Waals surface area contributed by atoms with E-state index in [-0.39, 0.29) is 5.75 Å². The molecular formula is C16H24N6O2S. The molecule has 136 valence electrons. The van der Waals surface area contributed by atoms with Gasteiger partial charge in [0.25, 0.3) is 0 Å². The minimum Gasteiger partial charge on any atom is -0.354 e. The average Bonchev–Trinajstić information content (AvgIpc) is 3.06. The summed E-state index contributed by atoms with van der Waals surface area (Å²) in [6.07, 6.45) is 6.73. The van der Waals surface area contributed by atoms with Crippen LogP contribution in [0.2, 0.25) is 0 Å². The molecule has 0 aliphatic carbocycles. The van der Waals surface area contributed by atoms with Gasteiger partial charge in [-0.15, -0.1) is 0 Å². The predicted molar refractivity (Wildman–Crippen MR) is 96.4 cm³/mol. The van der Waals surface area contributed by atoms with Gasteiger partial charge in [0.1, 0.15) is 23.8 Å². The van der Waals surface area contributed by atoms with Crippen LogP contribution in [0, 0.1) is 6.92 Å². The minimum absolute atomic E-state index is 0.237. The van der Waals surface area contributed by atoms with Gasteiger partial charge in [0.05, 0.1) is 5.75 Å². The molecule has 1 fully saturated rings. The van der Waals surface area contributed by atoms with E-state index in [1.54, 1.807) is 10.5 Å². The van der Waals surface area contributed by atoms with E-state index in [1.807, 2.05) is 30.7 Å². The summed E-state index contributed by atoms with van der Waals surface area (Å²) in [5.74, 6) is 2.67. The summed E-state index contributed by atoms with van der Waals surface area (Å²) in [5, 5.41) is 0. The van der Waals surface area contributed by atoms with E-state index >= 15 is 0 Å². The van der Waals surface area contributed by atoms with Crippen LogP contribution in [-0.2, 0) is 10.0 Å². The Hall–Kier alpha value is -2.00. The van der Waals surface area contributed by atoms with Crippen molar-refractivity contribution < 1.29 is 8.42 Å². The molecule has 0 atom stereocenters. The zero-order valence-electron chi connectivity index (χ0n) is 14.7. The smallest absolute Gasteiger partial charge is 0.214 e. The van der Waals surface area contributed by atoms with Gasteiger partial charge >= 0.3 is 0 Å². The van der Waals surface area contributed by atoms with Crippen LogP contribution in [-0.4, -0.2) is 64.2 Å². The van der Waals surface area contributed by atoms with Gasteiger partial charge in [-0.25, -0.2) is 23.4 Å². The molecular weight excluding hydrogens is 340 g/mol. The highest BCUT2D eigenvalue weighted by molar-refractivity contribution is 7.89. The Bertz CT molecular complexity index is 812. The molecule has 2 aromatic heterocycles. The zero-order chi connectivity index (χ0) is 17.9. The van der Waals surface area contributed by atoms with Crippen LogP contribution in [0.5, 0.6) is 0 Å². The minimum atomic E-state index is -3.14. The van der Waals surface area contributed by atoms with Crippen LogP contribution in [0.4, 0.5) is 5.82 Å². The van der Waals surface area contributed by atoms with Crippen LogP contribution in [0.15, 0.2) is 24.8 Å². The standard InChI is InChI=1S/C16H24N6O2S/c1-3-4-11-25(23,24)21-9-7-20(8-10-21)15-12-16(19-13-18-15)22-6-5-17-14(22)2/h5-6,12-13H,3-4,7-11H2,1-2H3. The van der Waals surface area contributed by atoms with Crippen molar-refractivity contribution in [3.8, 4) is 5.82 Å². The van der Waals surface area contributed by atoms with Crippen LogP contribution < -0.4 is 4.90 Å². The number of rotatable bonds is 6. The molecule has 0 radical (unpaired) electrons. The number of anilines is 1. The van der Waals surface area contributed by atoms with Crippen molar-refractivity contribution in [2.24, 2.45) is 0 Å². The molecule has 1 aliphatic rings. The predicted octanol–water partition coefficient (Wildman–Crippen LogP) is 1.22. The molecule has 0 saturated carbocycles. The Morgan fingerprint density at radius 2 is 1.80 bits per heavy atom. The molecule has 9 heteroatoms. The van der Waals surface area contributed by atoms with Crippen molar-refractivity contribution in [3.05, 3.63) is 30.6 Å². The van der Waals surface area contributed by atoms with Crippen LogP contribution in [0.3, 0.4) is 0 Å². The first-order valence-corrected chi connectivity index (χ1v) is 10.2. The molecule has 0 aromatic carbocycles. The maximum absolute atomic E-state index is 12.3. The van der Waals surface area contributed by atoms with E-state index in [1.165, 1.54) is 6.33 Å². The SMILES string of the molecule is CCCCS(=O)(=O)N1CCN(c2cc(-n3ccnc3C)ncn2)CC1. The number of hydrogen-bond acceptors (Lipinski definition) is 6. The molecule has 3 heterocycles. The molecule has 3 rings (SSSR count). The first-order chi connectivity index (χ1) is 12.0. The van der Waals surface area contributed by atoms with Gasteiger partial charge in [-0.2, -0.15) is 4.31 Å². The second kappa shape index (κ2) is 7.49. The van der Waals surface area contributed by atoms with Crippen LogP contribution in [0.1, 0.15) is 25.6 Å². The number of hydrogen-bond donors (Lipinski definition) is 0. The number of piperazine rings is 1. The third-order valence-electron chi connectivity index (χ3n) is 4.42. The normalized spacial score (nSPS) is 16.3. The summed E-state index contributed by atoms with van der Waals surface area (Å²) in [6.45, 7) is 6.17. The summed E-state index contributed by atoms with van der Waals surface area (Å²) in [6, 6.07) is 1.91. The number of sulfonamides is 1. The lowest BCUT2D eigenvalue weighted by molar-refractivity contribution is 0.383. The first-order valence-electron chi connectivity index (χ1n) is 8.56. The monoisotopic (exact) mass is 364 g/mol. The van der Waals surface area contributed by atoms with Gasteiger partial charge in [-0.1, -0.05) is 13.3 Å². The van der Waals surface area contributed by atoms with Gasteiger partial charge in [0.2, 0.25) is 10.0 Å². The van der Waals surface area contributed by atoms with Crippen molar-refractivity contribution in [1.29, 1.82) is 0 Å². The summed E-state index contributed by atoms with van der Waals surface area (Å²) in [7, 11) is -3.14. The van der Waals surface area contributed by atoms with E-state index in [4.69, 9.17) is 0 Å². The molecule has 2 aromatic rings. The third-order valence-corrected chi connectivity index (χ3v) is 6.38. The Balaban J connectivity index is 1.69. The Morgan fingerprint density at radius 3 is 2.44 bits per heavy atom. The molecule has 25 heavy (non-hydrogen) atoms. The van der Waals surface area contributed by atoms with E-state index in [9.17, 15) is 8.42 Å². The fourth-order valence-electron chi connectivity index (χ4n) is 2.91. The summed E-state index contributed by atoms with van der Waals surface area (Å²) in [4.78, 5) is 15.0. The van der Waals surface area contributed by atoms with Crippen molar-refractivity contribution in [3.63, 3.8) is 0 Å². The molecule has 0 unspecified atom stereocenters. The maximum atomic E-state index is 12.3. The van der Waals surface area contributed by atoms with Crippen LogP contribution in [0.25, 0.3) is 5.82 Å². The molecule has 0 N–H and O–H groups in total. The number of aromatic nitrogens is 4. The summed E-state index contributed by atoms with van der Waals surface area (Å²) < 4.78 is 28.1. The van der Waals surface area contributed by atoms with Gasteiger partial charge < -0.3 is 4.90 Å². The molecule has 1 aliphatic heterocycles. The fourth-order valence-corrected chi connectivity index (χ4v) is 4.54. The van der Waals surface area contributed by atoms with Crippen molar-refractivity contribution >= 4 is 15.8 Å². The second-order valence-electron chi connectivity index (χ2n) is 6.13. The maximum Gasteiger partial charge on any atom is 0.214 e. The lowest BCUT2D eigenvalue weighted by Crippen LogP contribution is -2.49. The quantitative estimate of drug-likeness (QED) is 0.766. The highest BCUT2D eigenvalue weighted by Crippen LogP contribution is 2.18. The van der Waals surface area contributed by atoms with Gasteiger partial charge in [-0.05, 0) is 13.3 Å². The molecule has 8 nitrogen and oxygen atoms in total. The van der Waals surface area contributed by atoms with Gasteiger partial charge in [-0.3, -0.25) is 4.57 Å². The average molecular weight is 364 g/mol. The molecule has 0 amide bonds. The zero-order valence-corrected chi connectivity index (χ0v) is 15.5. The largest absolute Gasteiger partial charge is 0.354 e. The van der Waals surface area contributed by atoms with Gasteiger partial charge in [0.15, 0.2) is 0 Å². The Kier molecular flexibility index (Phi) is 5.33. The highest BCUT2D eigenvalue weighted by atomic mass is 32.2. The summed E-state index contributed by atoms with van der Waals surface area (Å²) >= 11 is 0. The van der Waals surface area contributed by atoms with Gasteiger partial charge in [0, 0.05) is 44.6 Å². The number of aryl methyl sites for hydroxylation is 1. The van der Waals surface area contributed by atoms with E-state index < -0.39 is 10.0 Å². The first kappa shape index (κ1) is 17.8. The topological polar surface area (TPSA) is 84.2 Å². The molecule has 1 saturated heterocycles. The van der Waals surface area contributed by atoms with E-state index in [0.717, 1.165) is 23.9 Å². The Labute approximate surface area is 148 Å². The number of imidazole rings is 1. The highest BCUT2D eigenvalue weighted by Gasteiger charge is 2.27. The number of unbranched alkanes of at least 4 members (excludes halogenated alkanes) is 1. The third kappa shape index (κ3) is 3.98. The fraction of sp³-hybridized carbons (Fsp3) is 0.562. The van der Waals surface area contributed by atoms with Crippen molar-refractivity contribution in [2.45, 2.75) is 26.7 Å². The Morgan fingerprint density at radius 1 is 1.08 bits per heavy atom. The lowest BCUT2D eigenvalue weighted by Gasteiger charge is -2.34. The molecule has 0 bridgehead atoms. The van der Waals surface area contributed by atoms with Crippen molar-refractivity contribution in [2.75, 3.05) is 36.8 Å². The summed E-state index contributed by atoms with van der Waals surface area (Å²) in [5.41, 5.74) is 0. The number of nitrogens with zero attached hydrogens (tertiary/aromatic N) is 6.